The van der Waals surface area contributed by atoms with E-state index >= 15 is 0 Å². The third-order valence-corrected chi connectivity index (χ3v) is 2.09. The minimum atomic E-state index is -0.220. The first-order valence-corrected chi connectivity index (χ1v) is 4.68. The lowest BCUT2D eigenvalue weighted by Gasteiger charge is -2.09. The first-order valence-electron chi connectivity index (χ1n) is 3.92. The van der Waals surface area contributed by atoms with Gasteiger partial charge in [0.15, 0.2) is 0 Å². The molecule has 72 valence electrons. The summed E-state index contributed by atoms with van der Waals surface area (Å²) < 4.78 is 0. The van der Waals surface area contributed by atoms with Crippen LogP contribution in [0.2, 0.25) is 0 Å². The lowest BCUT2D eigenvalue weighted by atomic mass is 10.1. The van der Waals surface area contributed by atoms with E-state index in [1.807, 2.05) is 0 Å². The third kappa shape index (κ3) is 5.77. The average Bonchev–Trinajstić information content (AvgIpc) is 2.04. The third-order valence-electron chi connectivity index (χ3n) is 1.64. The molecule has 5 heteroatoms. The molecule has 3 nitrogen and oxygen atoms in total. The fourth-order valence-corrected chi connectivity index (χ4v) is 1.27. The fraction of sp³-hybridized carbons (Fsp3) is 0.857. The van der Waals surface area contributed by atoms with E-state index in [0.717, 1.165) is 25.8 Å². The minimum absolute atomic E-state index is 0.0730. The van der Waals surface area contributed by atoms with Crippen LogP contribution in [0.5, 0.6) is 0 Å². The van der Waals surface area contributed by atoms with Crippen molar-refractivity contribution in [3.05, 3.63) is 0 Å². The summed E-state index contributed by atoms with van der Waals surface area (Å²) in [5.41, 5.74) is 0. The van der Waals surface area contributed by atoms with E-state index in [-0.39, 0.29) is 11.8 Å². The quantitative estimate of drug-likeness (QED) is 0.498. The Morgan fingerprint density at radius 3 is 2.50 bits per heavy atom. The first-order chi connectivity index (χ1) is 5.72. The van der Waals surface area contributed by atoms with Crippen molar-refractivity contribution in [2.24, 2.45) is 0 Å². The van der Waals surface area contributed by atoms with Crippen molar-refractivity contribution in [3.63, 3.8) is 0 Å². The molecule has 0 saturated carbocycles. The minimum Gasteiger partial charge on any atom is -0.298 e. The number of ketones is 1. The summed E-state index contributed by atoms with van der Waals surface area (Å²) in [6.45, 7) is 2.29. The van der Waals surface area contributed by atoms with E-state index in [0.29, 0.717) is 0 Å². The maximum atomic E-state index is 10.9. The molecule has 0 radical (unpaired) electrons. The van der Waals surface area contributed by atoms with Crippen LogP contribution < -0.4 is 9.67 Å². The molecule has 0 heterocycles. The highest BCUT2D eigenvalue weighted by atomic mass is 35.5. The molecule has 0 fully saturated rings. The van der Waals surface area contributed by atoms with Gasteiger partial charge >= 0.3 is 0 Å². The zero-order chi connectivity index (χ0) is 9.40. The molecule has 0 aromatic carbocycles. The van der Waals surface area contributed by atoms with Crippen molar-refractivity contribution >= 4 is 29.3 Å². The van der Waals surface area contributed by atoms with Crippen molar-refractivity contribution in [1.82, 2.24) is 9.67 Å². The zero-order valence-corrected chi connectivity index (χ0v) is 8.58. The first kappa shape index (κ1) is 12.2. The Bertz CT molecular complexity index is 133. The molecule has 0 bridgehead atoms. The van der Waals surface area contributed by atoms with Gasteiger partial charge in [0.25, 0.3) is 0 Å². The van der Waals surface area contributed by atoms with Gasteiger partial charge in [0, 0.05) is 6.54 Å². The van der Waals surface area contributed by atoms with Crippen molar-refractivity contribution in [3.8, 4) is 0 Å². The summed E-state index contributed by atoms with van der Waals surface area (Å²) in [5, 5.41) is 0. The molecule has 0 aliphatic heterocycles. The van der Waals surface area contributed by atoms with Gasteiger partial charge in [0.2, 0.25) is 0 Å². The van der Waals surface area contributed by atoms with E-state index < -0.39 is 0 Å². The van der Waals surface area contributed by atoms with E-state index in [1.54, 1.807) is 0 Å². The number of hydrogen-bond acceptors (Lipinski definition) is 3. The van der Waals surface area contributed by atoms with Gasteiger partial charge in [-0.05, 0) is 43.3 Å². The Morgan fingerprint density at radius 1 is 1.42 bits per heavy atom. The van der Waals surface area contributed by atoms with Gasteiger partial charge in [0.1, 0.15) is 5.78 Å². The maximum absolute atomic E-state index is 10.9. The fourth-order valence-electron chi connectivity index (χ4n) is 0.875. The van der Waals surface area contributed by atoms with Crippen LogP contribution in [0.15, 0.2) is 0 Å². The van der Waals surface area contributed by atoms with Crippen LogP contribution in [-0.2, 0) is 4.79 Å². The number of rotatable bonds is 7. The molecular weight excluding hydrogens is 199 g/mol. The molecule has 1 atom stereocenters. The second-order valence-corrected chi connectivity index (χ2v) is 3.14. The van der Waals surface area contributed by atoms with Gasteiger partial charge in [-0.25, -0.2) is 9.67 Å². The Balaban J connectivity index is 3.38. The standard InChI is InChI=1S/C7H14Cl2N2O/c1-6(12)7(11-9)4-2-3-5-10-8/h7,10-11H,2-5H2,1H3. The zero-order valence-electron chi connectivity index (χ0n) is 7.07. The van der Waals surface area contributed by atoms with E-state index in [9.17, 15) is 4.79 Å². The van der Waals surface area contributed by atoms with Crippen LogP contribution in [-0.4, -0.2) is 18.4 Å². The number of unbranched alkanes of at least 4 members (excludes halogenated alkanes) is 1. The molecule has 2 N–H and O–H groups in total. The summed E-state index contributed by atoms with van der Waals surface area (Å²) in [6, 6.07) is -0.220. The highest BCUT2D eigenvalue weighted by Crippen LogP contribution is 2.02. The molecule has 0 aliphatic carbocycles. The van der Waals surface area contributed by atoms with E-state index in [1.165, 1.54) is 6.92 Å². The van der Waals surface area contributed by atoms with Gasteiger partial charge in [-0.3, -0.25) is 4.79 Å². The molecule has 0 aromatic rings. The lowest BCUT2D eigenvalue weighted by molar-refractivity contribution is -0.118. The number of hydrogen-bond donors (Lipinski definition) is 2. The number of nitrogens with one attached hydrogen (secondary N) is 2. The van der Waals surface area contributed by atoms with Gasteiger partial charge < -0.3 is 0 Å². The van der Waals surface area contributed by atoms with Crippen LogP contribution in [0.25, 0.3) is 0 Å². The molecule has 0 spiro atoms. The van der Waals surface area contributed by atoms with Crippen LogP contribution in [0.4, 0.5) is 0 Å². The van der Waals surface area contributed by atoms with Crippen LogP contribution in [0.3, 0.4) is 0 Å². The monoisotopic (exact) mass is 212 g/mol. The Morgan fingerprint density at radius 2 is 2.08 bits per heavy atom. The predicted molar refractivity (Wildman–Crippen MR) is 51.2 cm³/mol. The average molecular weight is 213 g/mol. The Hall–Kier alpha value is 0.170. The van der Waals surface area contributed by atoms with Crippen LogP contribution >= 0.6 is 23.6 Å². The summed E-state index contributed by atoms with van der Waals surface area (Å²) in [4.78, 5) is 15.8. The molecule has 0 amide bonds. The SMILES string of the molecule is CC(=O)C(CCCCNCl)NCl. The molecule has 0 rings (SSSR count). The van der Waals surface area contributed by atoms with Crippen molar-refractivity contribution < 1.29 is 4.79 Å². The highest BCUT2D eigenvalue weighted by molar-refractivity contribution is 6.15. The summed E-state index contributed by atoms with van der Waals surface area (Å²) in [5.74, 6) is 0.0730. The molecule has 0 aliphatic rings. The summed E-state index contributed by atoms with van der Waals surface area (Å²) >= 11 is 10.6. The van der Waals surface area contributed by atoms with Crippen LogP contribution in [0.1, 0.15) is 26.2 Å². The number of carbonyl (C=O) groups excluding carboxylic acids is 1. The predicted octanol–water partition coefficient (Wildman–Crippen LogP) is 1.60. The normalized spacial score (nSPS) is 12.9. The maximum Gasteiger partial charge on any atom is 0.147 e. The number of Topliss-reactive ketones (excluding diaryl/α,β-unsaturated/α-hetero) is 1. The second-order valence-electron chi connectivity index (χ2n) is 2.65. The van der Waals surface area contributed by atoms with E-state index in [4.69, 9.17) is 23.6 Å². The largest absolute Gasteiger partial charge is 0.298 e. The Labute approximate surface area is 83.0 Å². The molecular formula is C7H14Cl2N2O. The summed E-state index contributed by atoms with van der Waals surface area (Å²) in [7, 11) is 0. The van der Waals surface area contributed by atoms with Crippen molar-refractivity contribution in [1.29, 1.82) is 0 Å². The molecule has 12 heavy (non-hydrogen) atoms. The van der Waals surface area contributed by atoms with Crippen LogP contribution in [0, 0.1) is 0 Å². The summed E-state index contributed by atoms with van der Waals surface area (Å²) in [6.07, 6.45) is 2.65. The molecule has 1 unspecified atom stereocenters. The topological polar surface area (TPSA) is 41.1 Å². The van der Waals surface area contributed by atoms with Crippen molar-refractivity contribution in [2.75, 3.05) is 6.54 Å². The van der Waals surface area contributed by atoms with E-state index in [2.05, 4.69) is 9.67 Å². The van der Waals surface area contributed by atoms with Gasteiger partial charge in [-0.15, -0.1) is 0 Å². The number of halogens is 2. The van der Waals surface area contributed by atoms with Gasteiger partial charge in [0.05, 0.1) is 6.04 Å². The second kappa shape index (κ2) is 7.80. The van der Waals surface area contributed by atoms with Crippen molar-refractivity contribution in [2.45, 2.75) is 32.2 Å². The molecule has 0 aromatic heterocycles. The number of carbonyl (C=O) groups is 1. The van der Waals surface area contributed by atoms with Gasteiger partial charge in [-0.1, -0.05) is 6.42 Å². The lowest BCUT2D eigenvalue weighted by Crippen LogP contribution is -2.28. The molecule has 0 saturated heterocycles. The van der Waals surface area contributed by atoms with Gasteiger partial charge in [-0.2, -0.15) is 0 Å². The smallest absolute Gasteiger partial charge is 0.147 e. The Kier molecular flexibility index (Phi) is 7.91. The highest BCUT2D eigenvalue weighted by Gasteiger charge is 2.10.